The summed E-state index contributed by atoms with van der Waals surface area (Å²) in [5, 5.41) is 46.2. The normalized spacial score (nSPS) is 24.6. The zero-order valence-corrected chi connectivity index (χ0v) is 68.4. The topological polar surface area (TPSA) is 348 Å². The van der Waals surface area contributed by atoms with Crippen LogP contribution in [0.3, 0.4) is 0 Å². The number of aromatic carboxylic acids is 1. The molecule has 0 unspecified atom stereocenters. The molecule has 105 heavy (non-hydrogen) atoms. The van der Waals surface area contributed by atoms with Gasteiger partial charge in [-0.05, 0) is 143 Å². The zero-order chi connectivity index (χ0) is 80.2. The maximum absolute atomic E-state index is 15.6. The van der Waals surface area contributed by atoms with E-state index in [9.17, 15) is 44.1 Å². The second-order valence-electron chi connectivity index (χ2n) is 31.4. The molecule has 1 saturated heterocycles. The Morgan fingerprint density at radius 2 is 0.924 bits per heavy atom. The SMILES string of the molecule is CC[C@@H]1NC(=O)[C@H]([C@H](O)[C@H](C)CCCCCCNCc2ccc(C(=O)O)cc2)N(C)C(=O)[C@H](C(C)C)N(C)C(=O)[C@H](CC(C)C)N(C)C(=O)[C@H](CC(C)C)N(C)C(=O)[C@@H](C)NC(=O)[C@H](C)NC(=O)[C@H](CC(C)C)N(C)C(=O)[C@H](C(C)C)NC(=O)[C@H](CC(C)C)N(C)C(=O)[C@@H](CSCCCCO)N(C)C1=O. The number of amides is 11. The highest BCUT2D eigenvalue weighted by atomic mass is 32.2. The van der Waals surface area contributed by atoms with Gasteiger partial charge in [0, 0.05) is 68.2 Å². The van der Waals surface area contributed by atoms with Gasteiger partial charge in [0.15, 0.2) is 0 Å². The minimum Gasteiger partial charge on any atom is -0.478 e. The minimum absolute atomic E-state index is 0.0173. The zero-order valence-electron chi connectivity index (χ0n) is 67.6. The summed E-state index contributed by atoms with van der Waals surface area (Å²) in [6, 6.07) is -7.45. The van der Waals surface area contributed by atoms with Crippen LogP contribution >= 0.6 is 11.8 Å². The second kappa shape index (κ2) is 45.7. The number of nitrogens with one attached hydrogen (secondary N) is 5. The molecule has 0 spiro atoms. The number of aliphatic hydroxyl groups excluding tert-OH is 2. The Kier molecular flexibility index (Phi) is 41.0. The Hall–Kier alpha value is -6.91. The Morgan fingerprint density at radius 3 is 1.42 bits per heavy atom. The number of hydrogen-bond acceptors (Lipinski definition) is 16. The molecule has 0 aromatic heterocycles. The number of unbranched alkanes of at least 4 members (excludes halogenated alkanes) is 4. The summed E-state index contributed by atoms with van der Waals surface area (Å²) >= 11 is 1.35. The van der Waals surface area contributed by atoms with Crippen molar-refractivity contribution in [1.29, 1.82) is 0 Å². The van der Waals surface area contributed by atoms with Gasteiger partial charge in [0.2, 0.25) is 65.0 Å². The molecule has 0 bridgehead atoms. The van der Waals surface area contributed by atoms with Crippen molar-refractivity contribution in [3.05, 3.63) is 35.4 Å². The summed E-state index contributed by atoms with van der Waals surface area (Å²) in [5.74, 6) is -10.7. The highest BCUT2D eigenvalue weighted by molar-refractivity contribution is 7.99. The van der Waals surface area contributed by atoms with E-state index in [0.717, 1.165) is 29.7 Å². The van der Waals surface area contributed by atoms with E-state index in [1.54, 1.807) is 65.8 Å². The smallest absolute Gasteiger partial charge is 0.335 e. The van der Waals surface area contributed by atoms with E-state index in [2.05, 4.69) is 26.6 Å². The van der Waals surface area contributed by atoms with Crippen molar-refractivity contribution in [3.8, 4) is 0 Å². The van der Waals surface area contributed by atoms with Crippen LogP contribution in [0.1, 0.15) is 204 Å². The van der Waals surface area contributed by atoms with E-state index in [-0.39, 0.29) is 73.7 Å². The van der Waals surface area contributed by atoms with Crippen LogP contribution in [0.4, 0.5) is 0 Å². The van der Waals surface area contributed by atoms with Crippen LogP contribution in [0.2, 0.25) is 0 Å². The van der Waals surface area contributed by atoms with Crippen molar-refractivity contribution < 1.29 is 72.9 Å². The fraction of sp³-hybridized carbons (Fsp3) is 0.766. The van der Waals surface area contributed by atoms with Crippen LogP contribution in [-0.2, 0) is 59.3 Å². The largest absolute Gasteiger partial charge is 0.478 e. The van der Waals surface area contributed by atoms with Gasteiger partial charge in [-0.2, -0.15) is 11.8 Å². The van der Waals surface area contributed by atoms with Gasteiger partial charge in [0.25, 0.3) is 0 Å². The van der Waals surface area contributed by atoms with Gasteiger partial charge < -0.3 is 76.2 Å². The first-order chi connectivity index (χ1) is 49.0. The number of carbonyl (C=O) groups excluding carboxylic acids is 11. The molecule has 11 amide bonds. The second-order valence-corrected chi connectivity index (χ2v) is 32.5. The summed E-state index contributed by atoms with van der Waals surface area (Å²) in [7, 11) is 10.0. The number of benzene rings is 1. The van der Waals surface area contributed by atoms with Crippen LogP contribution in [0.25, 0.3) is 0 Å². The number of rotatable bonds is 29. The molecule has 27 nitrogen and oxygen atoms in total. The lowest BCUT2D eigenvalue weighted by molar-refractivity contribution is -0.157. The van der Waals surface area contributed by atoms with Gasteiger partial charge in [0.1, 0.15) is 66.5 Å². The third-order valence-electron chi connectivity index (χ3n) is 19.9. The highest BCUT2D eigenvalue weighted by Crippen LogP contribution is 2.27. The molecule has 1 aromatic rings. The van der Waals surface area contributed by atoms with Crippen LogP contribution < -0.4 is 26.6 Å². The molecule has 1 heterocycles. The number of hydrogen-bond donors (Lipinski definition) is 8. The van der Waals surface area contributed by atoms with E-state index < -0.39 is 161 Å². The molecule has 13 atom stereocenters. The van der Waals surface area contributed by atoms with Crippen molar-refractivity contribution in [2.24, 2.45) is 41.4 Å². The van der Waals surface area contributed by atoms with Crippen molar-refractivity contribution in [1.82, 2.24) is 60.9 Å². The summed E-state index contributed by atoms with van der Waals surface area (Å²) in [6.45, 7) is 29.3. The Bertz CT molecular complexity index is 2990. The number of likely N-dealkylation sites (N-methyl/N-ethyl adjacent to an activating group) is 7. The standard InChI is InChI=1S/C77H134N12O15S/c1-24-56-71(97)87(21)61(44-105-38-30-29-37-90)74(100)83(17)58(40-46(4)5)68(94)82-62(49(10)11)75(101)84(18)57(39-45(2)3)67(93)79-52(15)66(92)80-53(16)70(96)85(19)59(41-47(6)7)72(98)86(20)60(42-48(8)9)73(99)88(22)63(50(12)13)76(102)89(23)64(69(95)81-56)65(91)51(14)31-27-25-26-28-36-78-43-54-32-34-55(35-33-54)77(103)104/h32-35,45-53,56-65,78,90-91H,24-31,36-44H2,1-23H3,(H,79,93)(H,80,92)(H,81,95)(H,82,94)(H,103,104)/t51-,52+,53-,56+,57+,58+,59+,60+,61-,62+,63+,64+,65-/m1/s1. The molecule has 8 N–H and O–H groups in total. The van der Waals surface area contributed by atoms with E-state index in [1.165, 1.54) is 104 Å². The molecule has 1 aliphatic rings. The number of carboxylic acids is 1. The van der Waals surface area contributed by atoms with Gasteiger partial charge in [-0.3, -0.25) is 52.7 Å². The lowest BCUT2D eigenvalue weighted by Crippen LogP contribution is -2.64. The number of carbonyl (C=O) groups is 12. The molecular formula is C77H134N12O15S. The quantitative estimate of drug-likeness (QED) is 0.0451. The fourth-order valence-electron chi connectivity index (χ4n) is 13.2. The molecule has 0 aliphatic carbocycles. The predicted molar refractivity (Wildman–Crippen MR) is 410 cm³/mol. The minimum atomic E-state index is -1.67. The first kappa shape index (κ1) is 94.2. The van der Waals surface area contributed by atoms with E-state index >= 15 is 28.8 Å². The van der Waals surface area contributed by atoms with Gasteiger partial charge in [-0.15, -0.1) is 0 Å². The molecule has 28 heteroatoms. The Morgan fingerprint density at radius 1 is 0.476 bits per heavy atom. The third kappa shape index (κ3) is 28.6. The molecule has 0 radical (unpaired) electrons. The first-order valence-corrected chi connectivity index (χ1v) is 39.1. The van der Waals surface area contributed by atoms with Gasteiger partial charge in [-0.25, -0.2) is 4.79 Å². The molecule has 2 rings (SSSR count). The molecule has 0 saturated carbocycles. The third-order valence-corrected chi connectivity index (χ3v) is 21.0. The molecule has 1 aromatic carbocycles. The first-order valence-electron chi connectivity index (χ1n) is 38.0. The molecule has 598 valence electrons. The predicted octanol–water partition coefficient (Wildman–Crippen LogP) is 5.62. The van der Waals surface area contributed by atoms with Gasteiger partial charge >= 0.3 is 5.97 Å². The van der Waals surface area contributed by atoms with E-state index in [4.69, 9.17) is 0 Å². The summed E-state index contributed by atoms with van der Waals surface area (Å²) in [5.41, 5.74) is 1.14. The van der Waals surface area contributed by atoms with Crippen molar-refractivity contribution >= 4 is 82.7 Å². The van der Waals surface area contributed by atoms with Crippen LogP contribution in [0.5, 0.6) is 0 Å². The number of carboxylic acid groups (broad SMARTS) is 1. The van der Waals surface area contributed by atoms with E-state index in [0.29, 0.717) is 44.5 Å². The number of aliphatic hydroxyl groups is 2. The lowest BCUT2D eigenvalue weighted by Gasteiger charge is -2.41. The highest BCUT2D eigenvalue weighted by Gasteiger charge is 2.47. The number of nitrogens with zero attached hydrogens (tertiary/aromatic N) is 7. The Balaban J connectivity index is 3.02. The maximum atomic E-state index is 15.6. The molecule has 1 fully saturated rings. The van der Waals surface area contributed by atoms with Crippen LogP contribution in [0, 0.1) is 41.4 Å². The number of thioether (sulfide) groups is 1. The monoisotopic (exact) mass is 1500 g/mol. The summed E-state index contributed by atoms with van der Waals surface area (Å²) < 4.78 is 0. The van der Waals surface area contributed by atoms with Crippen molar-refractivity contribution in [3.63, 3.8) is 0 Å². The summed E-state index contributed by atoms with van der Waals surface area (Å²) in [4.78, 5) is 185. The lowest BCUT2D eigenvalue weighted by atomic mass is 9.90. The average molecular weight is 1500 g/mol. The fourth-order valence-corrected chi connectivity index (χ4v) is 14.4. The van der Waals surface area contributed by atoms with Gasteiger partial charge in [0.05, 0.1) is 11.7 Å². The van der Waals surface area contributed by atoms with Crippen LogP contribution in [-0.4, -0.2) is 267 Å². The van der Waals surface area contributed by atoms with Gasteiger partial charge in [-0.1, -0.05) is 128 Å². The average Bonchev–Trinajstić information content (AvgIpc) is 0.806. The van der Waals surface area contributed by atoms with Crippen molar-refractivity contribution in [2.75, 3.05) is 74.0 Å². The van der Waals surface area contributed by atoms with E-state index in [1.807, 2.05) is 55.4 Å². The Labute approximate surface area is 631 Å². The van der Waals surface area contributed by atoms with Crippen LogP contribution in [0.15, 0.2) is 24.3 Å². The summed E-state index contributed by atoms with van der Waals surface area (Å²) in [6.07, 6.45) is 3.38. The molecule has 1 aliphatic heterocycles. The molecular weight excluding hydrogens is 1360 g/mol. The maximum Gasteiger partial charge on any atom is 0.335 e. The van der Waals surface area contributed by atoms with Crippen molar-refractivity contribution in [2.45, 2.75) is 267 Å².